The Hall–Kier alpha value is -2.39. The number of benzene rings is 1. The molecule has 5 nitrogen and oxygen atoms in total. The van der Waals surface area contributed by atoms with Crippen LogP contribution in [0.25, 0.3) is 0 Å². The molecule has 0 aliphatic rings. The Kier molecular flexibility index (Phi) is 6.20. The molecule has 0 aliphatic carbocycles. The number of carbonyl (C=O) groups excluding carboxylic acids is 2. The van der Waals surface area contributed by atoms with Gasteiger partial charge in [0, 0.05) is 12.3 Å². The molecular formula is C17H13Cl2F4N3O2. The van der Waals surface area contributed by atoms with Gasteiger partial charge in [0.15, 0.2) is 23.3 Å². The molecular weight excluding hydrogens is 425 g/mol. The van der Waals surface area contributed by atoms with Crippen molar-refractivity contribution in [2.75, 3.05) is 0 Å². The van der Waals surface area contributed by atoms with Crippen molar-refractivity contribution < 1.29 is 27.2 Å². The van der Waals surface area contributed by atoms with E-state index in [4.69, 9.17) is 23.2 Å². The Morgan fingerprint density at radius 1 is 1.04 bits per heavy atom. The molecule has 1 N–H and O–H groups in total. The summed E-state index contributed by atoms with van der Waals surface area (Å²) in [5, 5.41) is 0.295. The van der Waals surface area contributed by atoms with Crippen LogP contribution in [0.5, 0.6) is 0 Å². The van der Waals surface area contributed by atoms with E-state index in [0.29, 0.717) is 5.01 Å². The Balaban J connectivity index is 2.50. The number of halogens is 6. The zero-order valence-corrected chi connectivity index (χ0v) is 16.2. The Morgan fingerprint density at radius 2 is 1.57 bits per heavy atom. The molecule has 28 heavy (non-hydrogen) atoms. The van der Waals surface area contributed by atoms with Crippen LogP contribution in [0.4, 0.5) is 17.6 Å². The SMILES string of the molecule is CC(C)(C)N(NC(=O)c1c(F)c(F)cc(F)c1F)C(=O)c1c(Cl)ccnc1Cl. The van der Waals surface area contributed by atoms with Crippen molar-refractivity contribution in [3.05, 3.63) is 62.9 Å². The van der Waals surface area contributed by atoms with Gasteiger partial charge in [-0.15, -0.1) is 0 Å². The fourth-order valence-corrected chi connectivity index (χ4v) is 2.68. The number of hydrazine groups is 1. The first kappa shape index (κ1) is 21.9. The number of rotatable bonds is 2. The number of hydrogen-bond donors (Lipinski definition) is 1. The van der Waals surface area contributed by atoms with E-state index in [-0.39, 0.29) is 21.8 Å². The molecule has 2 rings (SSSR count). The van der Waals surface area contributed by atoms with Crippen LogP contribution < -0.4 is 5.43 Å². The maximum atomic E-state index is 13.9. The van der Waals surface area contributed by atoms with Gasteiger partial charge in [0.25, 0.3) is 11.8 Å². The second-order valence-corrected chi connectivity index (χ2v) is 7.32. The maximum absolute atomic E-state index is 13.9. The van der Waals surface area contributed by atoms with E-state index in [2.05, 4.69) is 4.98 Å². The third kappa shape index (κ3) is 4.20. The monoisotopic (exact) mass is 437 g/mol. The van der Waals surface area contributed by atoms with E-state index < -0.39 is 46.2 Å². The smallest absolute Gasteiger partial charge is 0.267 e. The van der Waals surface area contributed by atoms with Crippen molar-refractivity contribution in [3.63, 3.8) is 0 Å². The normalized spacial score (nSPS) is 11.3. The van der Waals surface area contributed by atoms with Gasteiger partial charge in [-0.2, -0.15) is 0 Å². The summed E-state index contributed by atoms with van der Waals surface area (Å²) < 4.78 is 54.6. The minimum Gasteiger partial charge on any atom is -0.267 e. The molecule has 1 aromatic heterocycles. The van der Waals surface area contributed by atoms with Crippen molar-refractivity contribution in [2.45, 2.75) is 26.3 Å². The van der Waals surface area contributed by atoms with E-state index >= 15 is 0 Å². The van der Waals surface area contributed by atoms with E-state index in [1.54, 1.807) is 0 Å². The van der Waals surface area contributed by atoms with Gasteiger partial charge in [0.2, 0.25) is 0 Å². The average Bonchev–Trinajstić information content (AvgIpc) is 2.57. The zero-order valence-electron chi connectivity index (χ0n) is 14.7. The van der Waals surface area contributed by atoms with Crippen molar-refractivity contribution in [1.29, 1.82) is 0 Å². The molecule has 0 bridgehead atoms. The molecule has 0 spiro atoms. The van der Waals surface area contributed by atoms with Crippen molar-refractivity contribution in [3.8, 4) is 0 Å². The molecule has 0 fully saturated rings. The molecule has 0 saturated carbocycles. The van der Waals surface area contributed by atoms with Crippen LogP contribution in [0.1, 0.15) is 41.5 Å². The number of aromatic nitrogens is 1. The van der Waals surface area contributed by atoms with Gasteiger partial charge < -0.3 is 0 Å². The first-order valence-corrected chi connectivity index (χ1v) is 8.40. The number of carbonyl (C=O) groups is 2. The lowest BCUT2D eigenvalue weighted by atomic mass is 10.1. The molecule has 0 unspecified atom stereocenters. The first-order valence-electron chi connectivity index (χ1n) is 7.64. The van der Waals surface area contributed by atoms with Crippen molar-refractivity contribution in [1.82, 2.24) is 15.4 Å². The van der Waals surface area contributed by atoms with Gasteiger partial charge in [-0.05, 0) is 26.8 Å². The standard InChI is InChI=1S/C17H13Cl2F4N3O2/c1-17(2,3)26(16(28)10-7(18)4-5-24-14(10)19)25-15(27)11-12(22)8(20)6-9(21)13(11)23/h4-6H,1-3H3,(H,25,27). The van der Waals surface area contributed by atoms with Gasteiger partial charge in [-0.1, -0.05) is 23.2 Å². The van der Waals surface area contributed by atoms with Crippen LogP contribution in [0.3, 0.4) is 0 Å². The zero-order chi connectivity index (χ0) is 21.4. The van der Waals surface area contributed by atoms with Gasteiger partial charge >= 0.3 is 0 Å². The lowest BCUT2D eigenvalue weighted by Gasteiger charge is -2.35. The largest absolute Gasteiger partial charge is 0.277 e. The molecule has 2 aromatic rings. The highest BCUT2D eigenvalue weighted by molar-refractivity contribution is 6.39. The average molecular weight is 438 g/mol. The number of nitrogens with zero attached hydrogens (tertiary/aromatic N) is 2. The topological polar surface area (TPSA) is 62.3 Å². The Morgan fingerprint density at radius 3 is 2.04 bits per heavy atom. The summed E-state index contributed by atoms with van der Waals surface area (Å²) in [6.45, 7) is 4.42. The summed E-state index contributed by atoms with van der Waals surface area (Å²) in [7, 11) is 0. The Labute approximate surface area is 167 Å². The number of hydrogen-bond acceptors (Lipinski definition) is 3. The maximum Gasteiger partial charge on any atom is 0.277 e. The van der Waals surface area contributed by atoms with Gasteiger partial charge in [-0.25, -0.2) is 27.6 Å². The summed E-state index contributed by atoms with van der Waals surface area (Å²) >= 11 is 11.8. The number of pyridine rings is 1. The predicted molar refractivity (Wildman–Crippen MR) is 93.9 cm³/mol. The third-order valence-electron chi connectivity index (χ3n) is 3.49. The van der Waals surface area contributed by atoms with Crippen molar-refractivity contribution >= 4 is 35.0 Å². The van der Waals surface area contributed by atoms with Gasteiger partial charge in [0.05, 0.1) is 16.1 Å². The molecule has 0 atom stereocenters. The summed E-state index contributed by atoms with van der Waals surface area (Å²) in [5.41, 5.74) is -1.02. The number of amides is 2. The molecule has 0 saturated heterocycles. The second-order valence-electron chi connectivity index (χ2n) is 6.55. The predicted octanol–water partition coefficient (Wildman–Crippen LogP) is 4.53. The molecule has 2 amide bonds. The molecule has 150 valence electrons. The molecule has 0 aliphatic heterocycles. The summed E-state index contributed by atoms with van der Waals surface area (Å²) in [4.78, 5) is 28.9. The van der Waals surface area contributed by atoms with Crippen molar-refractivity contribution in [2.24, 2.45) is 0 Å². The lowest BCUT2D eigenvalue weighted by molar-refractivity contribution is 0.0354. The summed E-state index contributed by atoms with van der Waals surface area (Å²) in [6.07, 6.45) is 1.24. The highest BCUT2D eigenvalue weighted by Gasteiger charge is 2.34. The molecule has 0 radical (unpaired) electrons. The lowest BCUT2D eigenvalue weighted by Crippen LogP contribution is -2.56. The Bertz CT molecular complexity index is 918. The third-order valence-corrected chi connectivity index (χ3v) is 4.10. The minimum absolute atomic E-state index is 0.0384. The highest BCUT2D eigenvalue weighted by Crippen LogP contribution is 2.26. The number of nitrogens with one attached hydrogen (secondary N) is 1. The minimum atomic E-state index is -1.91. The quantitative estimate of drug-likeness (QED) is 0.325. The molecule has 1 heterocycles. The van der Waals surface area contributed by atoms with Crippen LogP contribution in [-0.2, 0) is 0 Å². The van der Waals surface area contributed by atoms with Crippen LogP contribution in [0.15, 0.2) is 18.3 Å². The van der Waals surface area contributed by atoms with E-state index in [1.807, 2.05) is 5.43 Å². The fourth-order valence-electron chi connectivity index (χ4n) is 2.17. The second kappa shape index (κ2) is 7.92. The van der Waals surface area contributed by atoms with Crippen LogP contribution >= 0.6 is 23.2 Å². The summed E-state index contributed by atoms with van der Waals surface area (Å²) in [5.74, 6) is -9.90. The highest BCUT2D eigenvalue weighted by atomic mass is 35.5. The van der Waals surface area contributed by atoms with E-state index in [1.165, 1.54) is 33.0 Å². The van der Waals surface area contributed by atoms with Crippen LogP contribution in [0.2, 0.25) is 10.2 Å². The first-order chi connectivity index (χ1) is 12.9. The van der Waals surface area contributed by atoms with Crippen LogP contribution in [-0.4, -0.2) is 27.3 Å². The van der Waals surface area contributed by atoms with E-state index in [9.17, 15) is 27.2 Å². The fraction of sp³-hybridized carbons (Fsp3) is 0.235. The van der Waals surface area contributed by atoms with Crippen LogP contribution in [0, 0.1) is 23.3 Å². The molecule has 1 aromatic carbocycles. The van der Waals surface area contributed by atoms with Gasteiger partial charge in [0.1, 0.15) is 10.7 Å². The molecule has 11 heteroatoms. The van der Waals surface area contributed by atoms with E-state index in [0.717, 1.165) is 0 Å². The van der Waals surface area contributed by atoms with Gasteiger partial charge in [-0.3, -0.25) is 15.0 Å². The summed E-state index contributed by atoms with van der Waals surface area (Å²) in [6, 6.07) is 1.23.